The van der Waals surface area contributed by atoms with Crippen molar-refractivity contribution in [2.75, 3.05) is 0 Å². The maximum atomic E-state index is 5.37. The van der Waals surface area contributed by atoms with E-state index in [1.165, 1.54) is 11.3 Å². The number of nitrogens with zero attached hydrogens (tertiary/aromatic N) is 2. The number of aromatic nitrogens is 4. The van der Waals surface area contributed by atoms with Crippen LogP contribution in [0.4, 0.5) is 0 Å². The Balaban J connectivity index is 1.72. The highest BCUT2D eigenvalue weighted by molar-refractivity contribution is 7.98. The van der Waals surface area contributed by atoms with Gasteiger partial charge in [0.25, 0.3) is 0 Å². The average Bonchev–Trinajstić information content (AvgIpc) is 3.04. The summed E-state index contributed by atoms with van der Waals surface area (Å²) in [7, 11) is 0. The number of fused-ring (bicyclic) bond motifs is 2. The normalized spacial score (nSPS) is 13.8. The summed E-state index contributed by atoms with van der Waals surface area (Å²) in [4.78, 5) is 15.8. The first-order valence-electron chi connectivity index (χ1n) is 6.42. The van der Waals surface area contributed by atoms with Crippen LogP contribution >= 0.6 is 24.0 Å². The van der Waals surface area contributed by atoms with Gasteiger partial charge in [0.2, 0.25) is 0 Å². The van der Waals surface area contributed by atoms with E-state index < -0.39 is 0 Å². The molecule has 0 amide bonds. The lowest BCUT2D eigenvalue weighted by Crippen LogP contribution is -2.03. The van der Waals surface area contributed by atoms with Crippen molar-refractivity contribution in [1.29, 1.82) is 0 Å². The van der Waals surface area contributed by atoms with Gasteiger partial charge < -0.3 is 9.97 Å². The molecule has 0 unspecified atom stereocenters. The van der Waals surface area contributed by atoms with Crippen LogP contribution in [0.2, 0.25) is 0 Å². The number of benzene rings is 1. The van der Waals surface area contributed by atoms with Crippen molar-refractivity contribution in [2.24, 2.45) is 0 Å². The fourth-order valence-electron chi connectivity index (χ4n) is 2.46. The van der Waals surface area contributed by atoms with Crippen molar-refractivity contribution in [3.8, 4) is 0 Å². The van der Waals surface area contributed by atoms with Crippen LogP contribution in [0.15, 0.2) is 24.3 Å². The number of H-pyrrole nitrogens is 2. The quantitative estimate of drug-likeness (QED) is 0.713. The number of nitrogens with one attached hydrogen (secondary N) is 2. The van der Waals surface area contributed by atoms with E-state index in [9.17, 15) is 0 Å². The summed E-state index contributed by atoms with van der Waals surface area (Å²) >= 11 is 7.25. The van der Waals surface area contributed by atoms with Crippen LogP contribution < -0.4 is 0 Å². The van der Waals surface area contributed by atoms with Crippen LogP contribution in [0.1, 0.15) is 22.9 Å². The monoisotopic (exact) mass is 300 g/mol. The molecule has 2 N–H and O–H groups in total. The SMILES string of the molecule is S=c1nc(Cc2nc3ccccc3[nH]2)[nH]c2c1CSC2. The largest absolute Gasteiger partial charge is 0.346 e. The Labute approximate surface area is 125 Å². The Kier molecular flexibility index (Phi) is 2.85. The molecule has 4 nitrogen and oxygen atoms in total. The van der Waals surface area contributed by atoms with Crippen molar-refractivity contribution >= 4 is 35.0 Å². The molecule has 0 atom stereocenters. The predicted molar refractivity (Wildman–Crippen MR) is 83.3 cm³/mol. The van der Waals surface area contributed by atoms with Crippen LogP contribution in [0.25, 0.3) is 11.0 Å². The molecule has 0 aliphatic carbocycles. The second-order valence-corrected chi connectivity index (χ2v) is 6.19. The molecule has 3 aromatic rings. The highest BCUT2D eigenvalue weighted by Crippen LogP contribution is 2.28. The lowest BCUT2D eigenvalue weighted by atomic mass is 10.2. The van der Waals surface area contributed by atoms with Crippen LogP contribution in [0.3, 0.4) is 0 Å². The molecule has 0 saturated heterocycles. The van der Waals surface area contributed by atoms with E-state index in [0.29, 0.717) is 6.42 Å². The number of thioether (sulfide) groups is 1. The fourth-order valence-corrected chi connectivity index (χ4v) is 3.92. The highest BCUT2D eigenvalue weighted by atomic mass is 32.2. The zero-order valence-electron chi connectivity index (χ0n) is 10.6. The third-order valence-electron chi connectivity index (χ3n) is 3.42. The van der Waals surface area contributed by atoms with E-state index in [2.05, 4.69) is 19.9 Å². The average molecular weight is 300 g/mol. The van der Waals surface area contributed by atoms with Gasteiger partial charge in [-0.2, -0.15) is 11.8 Å². The third kappa shape index (κ3) is 2.05. The fraction of sp³-hybridized carbons (Fsp3) is 0.214. The second-order valence-electron chi connectivity index (χ2n) is 4.82. The smallest absolute Gasteiger partial charge is 0.134 e. The van der Waals surface area contributed by atoms with Crippen LogP contribution in [0.5, 0.6) is 0 Å². The summed E-state index contributed by atoms with van der Waals surface area (Å²) < 4.78 is 0.731. The standard InChI is InChI=1S/C14H12N4S2/c19-14-8-6-20-7-11(8)17-13(18-14)5-12-15-9-3-1-2-4-10(9)16-12/h1-4H,5-7H2,(H,15,16)(H,17,18,19). The Bertz CT molecular complexity index is 817. The minimum atomic E-state index is 0.649. The molecule has 1 aliphatic rings. The highest BCUT2D eigenvalue weighted by Gasteiger charge is 2.15. The molecule has 0 spiro atoms. The molecular weight excluding hydrogens is 288 g/mol. The van der Waals surface area contributed by atoms with E-state index >= 15 is 0 Å². The first-order valence-corrected chi connectivity index (χ1v) is 7.98. The van der Waals surface area contributed by atoms with Gasteiger partial charge in [0, 0.05) is 22.8 Å². The van der Waals surface area contributed by atoms with E-state index in [-0.39, 0.29) is 0 Å². The van der Waals surface area contributed by atoms with Gasteiger partial charge in [0.15, 0.2) is 0 Å². The third-order valence-corrected chi connectivity index (χ3v) is 4.74. The van der Waals surface area contributed by atoms with Gasteiger partial charge in [0.05, 0.1) is 17.5 Å². The summed E-state index contributed by atoms with van der Waals surface area (Å²) in [6.45, 7) is 0. The molecule has 0 bridgehead atoms. The van der Waals surface area contributed by atoms with E-state index in [1.807, 2.05) is 36.0 Å². The van der Waals surface area contributed by atoms with Crippen molar-refractivity contribution in [3.63, 3.8) is 0 Å². The predicted octanol–water partition coefficient (Wildman–Crippen LogP) is 3.35. The summed E-state index contributed by atoms with van der Waals surface area (Å²) in [5.74, 6) is 3.77. The molecule has 2 aromatic heterocycles. The van der Waals surface area contributed by atoms with Gasteiger partial charge >= 0.3 is 0 Å². The molecule has 0 fully saturated rings. The number of rotatable bonds is 2. The van der Waals surface area contributed by atoms with Crippen LogP contribution in [0, 0.1) is 4.64 Å². The van der Waals surface area contributed by atoms with Crippen LogP contribution in [-0.2, 0) is 17.9 Å². The van der Waals surface area contributed by atoms with Gasteiger partial charge in [-0.05, 0) is 12.1 Å². The topological polar surface area (TPSA) is 57.4 Å². The summed E-state index contributed by atoms with van der Waals surface area (Å²) in [5.41, 5.74) is 4.45. The van der Waals surface area contributed by atoms with Crippen LogP contribution in [-0.4, -0.2) is 19.9 Å². The Morgan fingerprint density at radius 1 is 1.10 bits per heavy atom. The minimum Gasteiger partial charge on any atom is -0.346 e. The second kappa shape index (κ2) is 4.71. The van der Waals surface area contributed by atoms with Gasteiger partial charge in [-0.1, -0.05) is 24.4 Å². The number of para-hydroxylation sites is 2. The zero-order chi connectivity index (χ0) is 13.5. The molecule has 4 rings (SSSR count). The first-order chi connectivity index (χ1) is 9.79. The number of hydrogen-bond donors (Lipinski definition) is 2. The lowest BCUT2D eigenvalue weighted by molar-refractivity contribution is 0.885. The molecule has 1 aliphatic heterocycles. The van der Waals surface area contributed by atoms with Crippen molar-refractivity contribution < 1.29 is 0 Å². The van der Waals surface area contributed by atoms with Crippen molar-refractivity contribution in [3.05, 3.63) is 51.8 Å². The molecule has 0 radical (unpaired) electrons. The first kappa shape index (κ1) is 12.1. The number of hydrogen-bond acceptors (Lipinski definition) is 4. The molecular formula is C14H12N4S2. The van der Waals surface area contributed by atoms with Gasteiger partial charge in [-0.25, -0.2) is 9.97 Å². The van der Waals surface area contributed by atoms with E-state index in [1.54, 1.807) is 0 Å². The summed E-state index contributed by atoms with van der Waals surface area (Å²) in [6.07, 6.45) is 0.649. The molecule has 3 heterocycles. The summed E-state index contributed by atoms with van der Waals surface area (Å²) in [6, 6.07) is 8.03. The lowest BCUT2D eigenvalue weighted by Gasteiger charge is -2.03. The molecule has 100 valence electrons. The molecule has 1 aromatic carbocycles. The van der Waals surface area contributed by atoms with Gasteiger partial charge in [0.1, 0.15) is 16.3 Å². The van der Waals surface area contributed by atoms with Gasteiger partial charge in [-0.15, -0.1) is 0 Å². The zero-order valence-corrected chi connectivity index (χ0v) is 12.3. The number of aromatic amines is 2. The van der Waals surface area contributed by atoms with Gasteiger partial charge in [-0.3, -0.25) is 0 Å². The minimum absolute atomic E-state index is 0.649. The number of imidazole rings is 1. The molecule has 0 saturated carbocycles. The van der Waals surface area contributed by atoms with Crippen molar-refractivity contribution in [1.82, 2.24) is 19.9 Å². The van der Waals surface area contributed by atoms with Crippen molar-refractivity contribution in [2.45, 2.75) is 17.9 Å². The maximum absolute atomic E-state index is 5.37. The van der Waals surface area contributed by atoms with E-state index in [0.717, 1.165) is 38.8 Å². The Hall–Kier alpha value is -1.66. The maximum Gasteiger partial charge on any atom is 0.134 e. The summed E-state index contributed by atoms with van der Waals surface area (Å²) in [5, 5.41) is 0. The molecule has 20 heavy (non-hydrogen) atoms. The Morgan fingerprint density at radius 2 is 1.95 bits per heavy atom. The molecule has 6 heteroatoms. The Morgan fingerprint density at radius 3 is 2.85 bits per heavy atom. The van der Waals surface area contributed by atoms with E-state index in [4.69, 9.17) is 12.2 Å².